The molecule has 0 radical (unpaired) electrons. The minimum atomic E-state index is -0.753. The van der Waals surface area contributed by atoms with Crippen molar-refractivity contribution in [2.45, 2.75) is 6.42 Å². The van der Waals surface area contributed by atoms with Gasteiger partial charge in [0.05, 0.1) is 6.26 Å². The Kier molecular flexibility index (Phi) is 3.03. The first-order valence-electron chi connectivity index (χ1n) is 3.62. The molecule has 0 saturated carbocycles. The molecule has 0 fully saturated rings. The monoisotopic (exact) mass is 180 g/mol. The molecule has 0 aliphatic rings. The van der Waals surface area contributed by atoms with Crippen LogP contribution in [0.1, 0.15) is 5.76 Å². The van der Waals surface area contributed by atoms with Crippen LogP contribution in [0.15, 0.2) is 35.5 Å². The highest BCUT2D eigenvalue weighted by molar-refractivity contribution is 5.92. The van der Waals surface area contributed by atoms with E-state index in [9.17, 15) is 9.59 Å². The molecule has 0 aromatic carbocycles. The maximum absolute atomic E-state index is 10.9. The van der Waals surface area contributed by atoms with E-state index < -0.39 is 11.9 Å². The van der Waals surface area contributed by atoms with Gasteiger partial charge in [-0.2, -0.15) is 0 Å². The molecule has 0 aliphatic carbocycles. The summed E-state index contributed by atoms with van der Waals surface area (Å²) in [7, 11) is 0. The molecule has 0 N–H and O–H groups in total. The van der Waals surface area contributed by atoms with Gasteiger partial charge in [0.2, 0.25) is 0 Å². The van der Waals surface area contributed by atoms with Crippen molar-refractivity contribution < 1.29 is 18.7 Å². The van der Waals surface area contributed by atoms with E-state index in [1.165, 1.54) is 6.26 Å². The Labute approximate surface area is 74.8 Å². The molecule has 0 saturated heterocycles. The van der Waals surface area contributed by atoms with E-state index in [1.807, 2.05) is 0 Å². The molecule has 0 unspecified atom stereocenters. The van der Waals surface area contributed by atoms with Crippen molar-refractivity contribution in [1.29, 1.82) is 0 Å². The number of esters is 2. The van der Waals surface area contributed by atoms with Crippen LogP contribution >= 0.6 is 0 Å². The van der Waals surface area contributed by atoms with Crippen LogP contribution in [0.5, 0.6) is 0 Å². The van der Waals surface area contributed by atoms with Crippen LogP contribution in [0, 0.1) is 0 Å². The summed E-state index contributed by atoms with van der Waals surface area (Å²) in [5, 5.41) is 0. The van der Waals surface area contributed by atoms with Gasteiger partial charge in [0.15, 0.2) is 0 Å². The first-order valence-corrected chi connectivity index (χ1v) is 3.62. The van der Waals surface area contributed by atoms with Crippen molar-refractivity contribution in [3.8, 4) is 0 Å². The SMILES string of the molecule is C=CC(=O)OC(=O)Cc1ccco1. The van der Waals surface area contributed by atoms with Crippen LogP contribution in [0.4, 0.5) is 0 Å². The second-order valence-electron chi connectivity index (χ2n) is 2.25. The lowest BCUT2D eigenvalue weighted by molar-refractivity contribution is -0.155. The van der Waals surface area contributed by atoms with Crippen LogP contribution < -0.4 is 0 Å². The lowest BCUT2D eigenvalue weighted by Crippen LogP contribution is -2.11. The third-order valence-electron chi connectivity index (χ3n) is 1.28. The van der Waals surface area contributed by atoms with Gasteiger partial charge >= 0.3 is 11.9 Å². The summed E-state index contributed by atoms with van der Waals surface area (Å²) in [6.45, 7) is 3.16. The zero-order valence-electron chi connectivity index (χ0n) is 6.86. The molecule has 0 aliphatic heterocycles. The number of rotatable bonds is 3. The molecule has 0 amide bonds. The Balaban J connectivity index is 2.42. The predicted octanol–water partition coefficient (Wildman–Crippen LogP) is 1.08. The Morgan fingerprint density at radius 1 is 1.62 bits per heavy atom. The third-order valence-corrected chi connectivity index (χ3v) is 1.28. The number of carbonyl (C=O) groups excluding carboxylic acids is 2. The van der Waals surface area contributed by atoms with E-state index in [0.717, 1.165) is 6.08 Å². The summed E-state index contributed by atoms with van der Waals surface area (Å²) >= 11 is 0. The standard InChI is InChI=1S/C9H8O4/c1-2-8(10)13-9(11)6-7-4-3-5-12-7/h2-5H,1,6H2. The van der Waals surface area contributed by atoms with Crippen LogP contribution in [0.3, 0.4) is 0 Å². The van der Waals surface area contributed by atoms with Crippen LogP contribution in [0.2, 0.25) is 0 Å². The molecule has 0 bridgehead atoms. The number of hydrogen-bond acceptors (Lipinski definition) is 4. The summed E-state index contributed by atoms with van der Waals surface area (Å²) in [4.78, 5) is 21.5. The van der Waals surface area contributed by atoms with Gasteiger partial charge in [0, 0.05) is 6.08 Å². The molecule has 0 spiro atoms. The van der Waals surface area contributed by atoms with Gasteiger partial charge in [-0.15, -0.1) is 0 Å². The van der Waals surface area contributed by atoms with E-state index in [1.54, 1.807) is 12.1 Å². The molecule has 1 aromatic heterocycles. The lowest BCUT2D eigenvalue weighted by atomic mass is 10.3. The fourth-order valence-electron chi connectivity index (χ4n) is 0.745. The minimum absolute atomic E-state index is 0.0490. The molecule has 1 heterocycles. The molecule has 4 heteroatoms. The fourth-order valence-corrected chi connectivity index (χ4v) is 0.745. The Hall–Kier alpha value is -1.84. The van der Waals surface area contributed by atoms with Crippen molar-refractivity contribution in [3.05, 3.63) is 36.8 Å². The first-order chi connectivity index (χ1) is 6.22. The van der Waals surface area contributed by atoms with Crippen molar-refractivity contribution in [2.24, 2.45) is 0 Å². The summed E-state index contributed by atoms with van der Waals surface area (Å²) in [5.74, 6) is -0.946. The van der Waals surface area contributed by atoms with Crippen molar-refractivity contribution >= 4 is 11.9 Å². The van der Waals surface area contributed by atoms with Gasteiger partial charge < -0.3 is 9.15 Å². The molecular weight excluding hydrogens is 172 g/mol. The summed E-state index contributed by atoms with van der Waals surface area (Å²) in [6, 6.07) is 3.28. The normalized spacial score (nSPS) is 9.23. The first kappa shape index (κ1) is 9.25. The number of carbonyl (C=O) groups is 2. The molecule has 4 nitrogen and oxygen atoms in total. The molecule has 0 atom stereocenters. The summed E-state index contributed by atoms with van der Waals surface area (Å²) in [5.41, 5.74) is 0. The molecular formula is C9H8O4. The Bertz CT molecular complexity index is 310. The van der Waals surface area contributed by atoms with Gasteiger partial charge in [-0.25, -0.2) is 4.79 Å². The predicted molar refractivity (Wildman–Crippen MR) is 43.7 cm³/mol. The van der Waals surface area contributed by atoms with Gasteiger partial charge in [-0.05, 0) is 12.1 Å². The van der Waals surface area contributed by atoms with Gasteiger partial charge in [-0.3, -0.25) is 4.79 Å². The minimum Gasteiger partial charge on any atom is -0.469 e. The van der Waals surface area contributed by atoms with Gasteiger partial charge in [-0.1, -0.05) is 6.58 Å². The number of ether oxygens (including phenoxy) is 1. The molecule has 68 valence electrons. The summed E-state index contributed by atoms with van der Waals surface area (Å²) in [6.07, 6.45) is 2.32. The maximum Gasteiger partial charge on any atom is 0.337 e. The van der Waals surface area contributed by atoms with Crippen molar-refractivity contribution in [2.75, 3.05) is 0 Å². The fraction of sp³-hybridized carbons (Fsp3) is 0.111. The van der Waals surface area contributed by atoms with Crippen molar-refractivity contribution in [3.63, 3.8) is 0 Å². The molecule has 13 heavy (non-hydrogen) atoms. The smallest absolute Gasteiger partial charge is 0.337 e. The topological polar surface area (TPSA) is 56.5 Å². The second-order valence-corrected chi connectivity index (χ2v) is 2.25. The average molecular weight is 180 g/mol. The van der Waals surface area contributed by atoms with E-state index in [4.69, 9.17) is 4.42 Å². The average Bonchev–Trinajstić information content (AvgIpc) is 2.56. The van der Waals surface area contributed by atoms with Crippen LogP contribution in [-0.2, 0) is 20.7 Å². The van der Waals surface area contributed by atoms with Crippen LogP contribution in [-0.4, -0.2) is 11.9 Å². The third kappa shape index (κ3) is 2.94. The van der Waals surface area contributed by atoms with Crippen LogP contribution in [0.25, 0.3) is 0 Å². The zero-order chi connectivity index (χ0) is 9.68. The molecule has 1 aromatic rings. The Morgan fingerprint density at radius 2 is 2.38 bits per heavy atom. The quantitative estimate of drug-likeness (QED) is 0.396. The van der Waals surface area contributed by atoms with E-state index in [-0.39, 0.29) is 6.42 Å². The molecule has 1 rings (SSSR count). The number of furan rings is 1. The second kappa shape index (κ2) is 4.25. The van der Waals surface area contributed by atoms with E-state index in [2.05, 4.69) is 11.3 Å². The maximum atomic E-state index is 10.9. The van der Waals surface area contributed by atoms with Gasteiger partial charge in [0.25, 0.3) is 0 Å². The van der Waals surface area contributed by atoms with Gasteiger partial charge in [0.1, 0.15) is 12.2 Å². The highest BCUT2D eigenvalue weighted by Crippen LogP contribution is 2.01. The Morgan fingerprint density at radius 3 is 2.92 bits per heavy atom. The zero-order valence-corrected chi connectivity index (χ0v) is 6.86. The van der Waals surface area contributed by atoms with E-state index >= 15 is 0 Å². The highest BCUT2D eigenvalue weighted by atomic mass is 16.6. The van der Waals surface area contributed by atoms with Crippen molar-refractivity contribution in [1.82, 2.24) is 0 Å². The summed E-state index contributed by atoms with van der Waals surface area (Å²) < 4.78 is 9.20. The highest BCUT2D eigenvalue weighted by Gasteiger charge is 2.09. The number of hydrogen-bond donors (Lipinski definition) is 0. The van der Waals surface area contributed by atoms with E-state index in [0.29, 0.717) is 5.76 Å². The largest absolute Gasteiger partial charge is 0.469 e. The lowest BCUT2D eigenvalue weighted by Gasteiger charge is -1.96.